The van der Waals surface area contributed by atoms with Crippen molar-refractivity contribution >= 4 is 17.7 Å². The molecule has 0 aliphatic carbocycles. The second-order valence-corrected chi connectivity index (χ2v) is 7.01. The highest BCUT2D eigenvalue weighted by Crippen LogP contribution is 2.24. The van der Waals surface area contributed by atoms with E-state index < -0.39 is 23.9 Å². The molecule has 1 N–H and O–H groups in total. The van der Waals surface area contributed by atoms with Gasteiger partial charge < -0.3 is 19.4 Å². The van der Waals surface area contributed by atoms with Gasteiger partial charge in [-0.05, 0) is 35.9 Å². The standard InChI is InChI=1S/C23H25FN4O4/c1-27-14-12-25-22(27)21(16-7-9-19(31-2)10-8-16)26-23(30)28(13-11-20(29)32-3)18-6-4-5-17(24)15-18/h4-10,12,14-15,21H,11,13H2,1-3H3,(H,26,30). The fourth-order valence-electron chi connectivity index (χ4n) is 3.25. The monoisotopic (exact) mass is 440 g/mol. The number of nitrogens with zero attached hydrogens (tertiary/aromatic N) is 3. The highest BCUT2D eigenvalue weighted by Gasteiger charge is 2.25. The Morgan fingerprint density at radius 3 is 2.53 bits per heavy atom. The first-order valence-corrected chi connectivity index (χ1v) is 9.94. The van der Waals surface area contributed by atoms with Gasteiger partial charge in [0.15, 0.2) is 0 Å². The maximum absolute atomic E-state index is 13.9. The van der Waals surface area contributed by atoms with E-state index in [4.69, 9.17) is 9.47 Å². The van der Waals surface area contributed by atoms with Gasteiger partial charge in [0.2, 0.25) is 0 Å². The van der Waals surface area contributed by atoms with Gasteiger partial charge in [-0.2, -0.15) is 0 Å². The van der Waals surface area contributed by atoms with E-state index in [2.05, 4.69) is 10.3 Å². The molecule has 0 bridgehead atoms. The zero-order valence-electron chi connectivity index (χ0n) is 18.1. The average Bonchev–Trinajstić information content (AvgIpc) is 3.23. The minimum absolute atomic E-state index is 0.0118. The molecule has 0 aliphatic heterocycles. The van der Waals surface area contributed by atoms with Gasteiger partial charge in [-0.1, -0.05) is 18.2 Å². The molecule has 168 valence electrons. The summed E-state index contributed by atoms with van der Waals surface area (Å²) in [4.78, 5) is 30.7. The first-order valence-electron chi connectivity index (χ1n) is 9.94. The Balaban J connectivity index is 1.93. The molecule has 3 aromatic rings. The Bertz CT molecular complexity index is 1070. The lowest BCUT2D eigenvalue weighted by Crippen LogP contribution is -2.43. The first kappa shape index (κ1) is 22.8. The second-order valence-electron chi connectivity index (χ2n) is 7.01. The van der Waals surface area contributed by atoms with Crippen LogP contribution in [0, 0.1) is 5.82 Å². The largest absolute Gasteiger partial charge is 0.497 e. The Kier molecular flexibility index (Phi) is 7.43. The Labute approximate surface area is 185 Å². The molecule has 0 fully saturated rings. The number of anilines is 1. The number of ether oxygens (including phenoxy) is 2. The van der Waals surface area contributed by atoms with Crippen LogP contribution in [0.1, 0.15) is 23.9 Å². The second kappa shape index (κ2) is 10.4. The number of halogens is 1. The molecule has 0 saturated carbocycles. The van der Waals surface area contributed by atoms with Gasteiger partial charge in [-0.3, -0.25) is 9.69 Å². The number of amides is 2. The Morgan fingerprint density at radius 2 is 1.94 bits per heavy atom. The quantitative estimate of drug-likeness (QED) is 0.543. The van der Waals surface area contributed by atoms with Crippen LogP contribution in [0.3, 0.4) is 0 Å². The molecular formula is C23H25FN4O4. The van der Waals surface area contributed by atoms with E-state index in [-0.39, 0.29) is 13.0 Å². The SMILES string of the molecule is COC(=O)CCN(C(=O)NC(c1ccc(OC)cc1)c1nccn1C)c1cccc(F)c1. The molecule has 32 heavy (non-hydrogen) atoms. The van der Waals surface area contributed by atoms with Crippen molar-refractivity contribution in [3.8, 4) is 5.75 Å². The van der Waals surface area contributed by atoms with E-state index in [1.165, 1.54) is 30.2 Å². The molecule has 0 radical (unpaired) electrons. The summed E-state index contributed by atoms with van der Waals surface area (Å²) in [5.74, 6) is 0.318. The molecule has 1 unspecified atom stereocenters. The number of hydrogen-bond donors (Lipinski definition) is 1. The Hall–Kier alpha value is -3.88. The third kappa shape index (κ3) is 5.42. The minimum atomic E-state index is -0.595. The number of benzene rings is 2. The van der Waals surface area contributed by atoms with Gasteiger partial charge in [-0.15, -0.1) is 0 Å². The minimum Gasteiger partial charge on any atom is -0.497 e. The van der Waals surface area contributed by atoms with E-state index in [1.54, 1.807) is 42.3 Å². The lowest BCUT2D eigenvalue weighted by molar-refractivity contribution is -0.140. The zero-order valence-corrected chi connectivity index (χ0v) is 18.1. The molecule has 9 heteroatoms. The molecule has 2 amide bonds. The number of esters is 1. The predicted octanol–water partition coefficient (Wildman–Crippen LogP) is 3.44. The fraction of sp³-hybridized carbons (Fsp3) is 0.261. The summed E-state index contributed by atoms with van der Waals surface area (Å²) in [5, 5.41) is 2.96. The summed E-state index contributed by atoms with van der Waals surface area (Å²) >= 11 is 0. The highest BCUT2D eigenvalue weighted by molar-refractivity contribution is 5.93. The molecule has 1 aromatic heterocycles. The van der Waals surface area contributed by atoms with Crippen molar-refractivity contribution in [1.82, 2.24) is 14.9 Å². The maximum Gasteiger partial charge on any atom is 0.322 e. The van der Waals surface area contributed by atoms with Crippen LogP contribution >= 0.6 is 0 Å². The van der Waals surface area contributed by atoms with E-state index in [0.717, 1.165) is 5.56 Å². The maximum atomic E-state index is 13.9. The summed E-state index contributed by atoms with van der Waals surface area (Å²) in [7, 11) is 4.67. The molecule has 8 nitrogen and oxygen atoms in total. The van der Waals surface area contributed by atoms with Crippen LogP contribution in [0.2, 0.25) is 0 Å². The van der Waals surface area contributed by atoms with Crippen molar-refractivity contribution in [1.29, 1.82) is 0 Å². The van der Waals surface area contributed by atoms with Crippen LogP contribution < -0.4 is 15.0 Å². The summed E-state index contributed by atoms with van der Waals surface area (Å²) < 4.78 is 25.6. The van der Waals surface area contributed by atoms with Crippen LogP contribution in [0.15, 0.2) is 60.9 Å². The van der Waals surface area contributed by atoms with Crippen molar-refractivity contribution in [2.45, 2.75) is 12.5 Å². The predicted molar refractivity (Wildman–Crippen MR) is 117 cm³/mol. The number of aryl methyl sites for hydroxylation is 1. The van der Waals surface area contributed by atoms with Crippen molar-refractivity contribution in [2.75, 3.05) is 25.7 Å². The number of carbonyl (C=O) groups excluding carboxylic acids is 2. The average molecular weight is 440 g/mol. The number of nitrogens with one attached hydrogen (secondary N) is 1. The normalized spacial score (nSPS) is 11.5. The zero-order chi connectivity index (χ0) is 23.1. The topological polar surface area (TPSA) is 85.7 Å². The number of aromatic nitrogens is 2. The van der Waals surface area contributed by atoms with Crippen LogP contribution in [-0.2, 0) is 16.6 Å². The number of urea groups is 1. The summed E-state index contributed by atoms with van der Waals surface area (Å²) in [6.07, 6.45) is 3.37. The smallest absolute Gasteiger partial charge is 0.322 e. The van der Waals surface area contributed by atoms with Crippen LogP contribution in [0.5, 0.6) is 5.75 Å². The van der Waals surface area contributed by atoms with Gasteiger partial charge in [0.25, 0.3) is 0 Å². The van der Waals surface area contributed by atoms with Crippen molar-refractivity contribution in [3.63, 3.8) is 0 Å². The van der Waals surface area contributed by atoms with Gasteiger partial charge in [0.05, 0.1) is 20.6 Å². The van der Waals surface area contributed by atoms with Gasteiger partial charge in [0, 0.05) is 31.7 Å². The van der Waals surface area contributed by atoms with E-state index in [1.807, 2.05) is 19.2 Å². The van der Waals surface area contributed by atoms with Crippen LogP contribution in [-0.4, -0.2) is 42.3 Å². The summed E-state index contributed by atoms with van der Waals surface area (Å²) in [6.45, 7) is 0.0118. The molecule has 0 aliphatic rings. The van der Waals surface area contributed by atoms with Crippen molar-refractivity contribution < 1.29 is 23.5 Å². The molecule has 0 saturated heterocycles. The number of hydrogen-bond acceptors (Lipinski definition) is 5. The molecule has 1 atom stereocenters. The van der Waals surface area contributed by atoms with E-state index >= 15 is 0 Å². The van der Waals surface area contributed by atoms with E-state index in [9.17, 15) is 14.0 Å². The summed E-state index contributed by atoms with van der Waals surface area (Å²) in [5.41, 5.74) is 1.10. The first-order chi connectivity index (χ1) is 15.4. The van der Waals surface area contributed by atoms with Crippen molar-refractivity contribution in [2.24, 2.45) is 7.05 Å². The number of imidazole rings is 1. The van der Waals surface area contributed by atoms with Crippen LogP contribution in [0.25, 0.3) is 0 Å². The molecule has 3 rings (SSSR count). The molecular weight excluding hydrogens is 415 g/mol. The third-order valence-electron chi connectivity index (χ3n) is 4.97. The van der Waals surface area contributed by atoms with Gasteiger partial charge in [0.1, 0.15) is 23.4 Å². The molecule has 1 heterocycles. The summed E-state index contributed by atoms with van der Waals surface area (Å²) in [6, 6.07) is 11.8. The van der Waals surface area contributed by atoms with E-state index in [0.29, 0.717) is 17.3 Å². The number of methoxy groups -OCH3 is 2. The lowest BCUT2D eigenvalue weighted by Gasteiger charge is -2.27. The fourth-order valence-corrected chi connectivity index (χ4v) is 3.25. The highest BCUT2D eigenvalue weighted by atomic mass is 19.1. The van der Waals surface area contributed by atoms with Gasteiger partial charge >= 0.3 is 12.0 Å². The Morgan fingerprint density at radius 1 is 1.19 bits per heavy atom. The number of rotatable bonds is 8. The van der Waals surface area contributed by atoms with Crippen molar-refractivity contribution in [3.05, 3.63) is 78.1 Å². The third-order valence-corrected chi connectivity index (χ3v) is 4.97. The molecule has 2 aromatic carbocycles. The molecule has 0 spiro atoms. The van der Waals surface area contributed by atoms with Crippen LogP contribution in [0.4, 0.5) is 14.9 Å². The van der Waals surface area contributed by atoms with Gasteiger partial charge in [-0.25, -0.2) is 14.2 Å². The number of carbonyl (C=O) groups is 2. The lowest BCUT2D eigenvalue weighted by atomic mass is 10.1.